The van der Waals surface area contributed by atoms with Crippen LogP contribution >= 0.6 is 11.3 Å². The zero-order valence-electron chi connectivity index (χ0n) is 7.92. The van der Waals surface area contributed by atoms with Crippen LogP contribution in [0.5, 0.6) is 0 Å². The molecular weight excluding hydrogens is 178 g/mol. The molecule has 1 aromatic carbocycles. The molecule has 0 aliphatic rings. The Morgan fingerprint density at radius 3 is 3.00 bits per heavy atom. The Kier molecular flexibility index (Phi) is 2.34. The van der Waals surface area contributed by atoms with E-state index in [4.69, 9.17) is 0 Å². The van der Waals surface area contributed by atoms with E-state index in [1.165, 1.54) is 21.2 Å². The third-order valence-electron chi connectivity index (χ3n) is 2.25. The van der Waals surface area contributed by atoms with Gasteiger partial charge in [0.05, 0.1) is 0 Å². The van der Waals surface area contributed by atoms with E-state index in [9.17, 15) is 0 Å². The normalized spacial score (nSPS) is 10.9. The van der Waals surface area contributed by atoms with Crippen LogP contribution in [0.4, 0.5) is 0 Å². The molecule has 1 N–H and O–H groups in total. The van der Waals surface area contributed by atoms with Crippen molar-refractivity contribution in [3.05, 3.63) is 34.7 Å². The van der Waals surface area contributed by atoms with Crippen molar-refractivity contribution < 1.29 is 0 Å². The molecule has 0 spiro atoms. The average molecular weight is 191 g/mol. The molecule has 1 aromatic heterocycles. The largest absolute Gasteiger partial charge is 0.316 e. The molecule has 1 heterocycles. The summed E-state index contributed by atoms with van der Waals surface area (Å²) in [5.74, 6) is 0. The number of thiophene rings is 1. The van der Waals surface area contributed by atoms with Gasteiger partial charge in [-0.05, 0) is 41.9 Å². The van der Waals surface area contributed by atoms with Crippen molar-refractivity contribution in [3.8, 4) is 0 Å². The number of hydrogen-bond donors (Lipinski definition) is 1. The molecule has 0 aliphatic heterocycles. The lowest BCUT2D eigenvalue weighted by atomic mass is 10.1. The summed E-state index contributed by atoms with van der Waals surface area (Å²) in [6, 6.07) is 6.48. The van der Waals surface area contributed by atoms with Crippen molar-refractivity contribution in [3.63, 3.8) is 0 Å². The quantitative estimate of drug-likeness (QED) is 0.769. The van der Waals surface area contributed by atoms with E-state index in [-0.39, 0.29) is 0 Å². The Morgan fingerprint density at radius 1 is 1.38 bits per heavy atom. The highest BCUT2D eigenvalue weighted by Gasteiger charge is 2.04. The smallest absolute Gasteiger partial charge is 0.0348 e. The van der Waals surface area contributed by atoms with E-state index >= 15 is 0 Å². The summed E-state index contributed by atoms with van der Waals surface area (Å²) >= 11 is 1.83. The second-order valence-electron chi connectivity index (χ2n) is 3.24. The third-order valence-corrected chi connectivity index (χ3v) is 3.25. The minimum atomic E-state index is 0.963. The van der Waals surface area contributed by atoms with Crippen molar-refractivity contribution >= 4 is 21.4 Å². The highest BCUT2D eigenvalue weighted by Crippen LogP contribution is 2.28. The van der Waals surface area contributed by atoms with Gasteiger partial charge in [0.2, 0.25) is 0 Å². The van der Waals surface area contributed by atoms with Gasteiger partial charge in [0.25, 0.3) is 0 Å². The second kappa shape index (κ2) is 3.48. The molecular formula is C11H13NS. The predicted molar refractivity (Wildman–Crippen MR) is 59.3 cm³/mol. The molecule has 1 nitrogen and oxygen atoms in total. The number of nitrogens with one attached hydrogen (secondary N) is 1. The number of benzene rings is 1. The molecule has 0 amide bonds. The first kappa shape index (κ1) is 8.73. The fourth-order valence-corrected chi connectivity index (χ4v) is 2.70. The van der Waals surface area contributed by atoms with Crippen LogP contribution in [0, 0.1) is 6.92 Å². The Hall–Kier alpha value is -0.860. The van der Waals surface area contributed by atoms with Crippen LogP contribution in [0.15, 0.2) is 23.6 Å². The average Bonchev–Trinajstić information content (AvgIpc) is 2.51. The molecule has 68 valence electrons. The lowest BCUT2D eigenvalue weighted by Crippen LogP contribution is -2.04. The first-order valence-electron chi connectivity index (χ1n) is 4.43. The van der Waals surface area contributed by atoms with Crippen LogP contribution in [0.1, 0.15) is 11.1 Å². The molecule has 0 saturated carbocycles. The lowest BCUT2D eigenvalue weighted by Gasteiger charge is -2.00. The number of hydrogen-bond acceptors (Lipinski definition) is 2. The Bertz CT molecular complexity index is 417. The molecule has 0 aliphatic carbocycles. The van der Waals surface area contributed by atoms with Crippen molar-refractivity contribution in [1.82, 2.24) is 5.32 Å². The minimum Gasteiger partial charge on any atom is -0.316 e. The maximum Gasteiger partial charge on any atom is 0.0348 e. The van der Waals surface area contributed by atoms with Crippen molar-refractivity contribution in [2.24, 2.45) is 0 Å². The van der Waals surface area contributed by atoms with E-state index in [2.05, 4.69) is 35.8 Å². The second-order valence-corrected chi connectivity index (χ2v) is 4.15. The van der Waals surface area contributed by atoms with Gasteiger partial charge in [-0.15, -0.1) is 11.3 Å². The van der Waals surface area contributed by atoms with Crippen molar-refractivity contribution in [2.45, 2.75) is 13.5 Å². The molecule has 0 radical (unpaired) electrons. The Morgan fingerprint density at radius 2 is 2.23 bits per heavy atom. The summed E-state index contributed by atoms with van der Waals surface area (Å²) in [5, 5.41) is 6.87. The summed E-state index contributed by atoms with van der Waals surface area (Å²) in [6.07, 6.45) is 0. The van der Waals surface area contributed by atoms with Crippen molar-refractivity contribution in [1.29, 1.82) is 0 Å². The topological polar surface area (TPSA) is 12.0 Å². The Balaban J connectivity index is 2.64. The summed E-state index contributed by atoms with van der Waals surface area (Å²) < 4.78 is 1.39. The molecule has 2 aromatic rings. The number of fused-ring (bicyclic) bond motifs is 1. The zero-order valence-corrected chi connectivity index (χ0v) is 8.74. The van der Waals surface area contributed by atoms with E-state index in [1.54, 1.807) is 0 Å². The summed E-state index contributed by atoms with van der Waals surface area (Å²) in [7, 11) is 1.99. The van der Waals surface area contributed by atoms with Gasteiger partial charge in [0.1, 0.15) is 0 Å². The van der Waals surface area contributed by atoms with Gasteiger partial charge in [-0.25, -0.2) is 0 Å². The standard InChI is InChI=1S/C11H13NS/c1-8-4-3-5-10-11(8)9(6-12-2)7-13-10/h3-5,7,12H,6H2,1-2H3. The van der Waals surface area contributed by atoms with Crippen molar-refractivity contribution in [2.75, 3.05) is 7.05 Å². The fourth-order valence-electron chi connectivity index (χ4n) is 1.66. The maximum absolute atomic E-state index is 3.20. The van der Waals surface area contributed by atoms with Crippen LogP contribution in [0.3, 0.4) is 0 Å². The zero-order chi connectivity index (χ0) is 9.26. The van der Waals surface area contributed by atoms with Crippen LogP contribution < -0.4 is 5.32 Å². The maximum atomic E-state index is 3.20. The van der Waals surface area contributed by atoms with Gasteiger partial charge >= 0.3 is 0 Å². The molecule has 0 unspecified atom stereocenters. The summed E-state index contributed by atoms with van der Waals surface area (Å²) in [5.41, 5.74) is 2.80. The molecule has 0 saturated heterocycles. The van der Waals surface area contributed by atoms with Gasteiger partial charge in [-0.2, -0.15) is 0 Å². The fraction of sp³-hybridized carbons (Fsp3) is 0.273. The van der Waals surface area contributed by atoms with Gasteiger partial charge in [0, 0.05) is 11.2 Å². The molecule has 0 atom stereocenters. The van der Waals surface area contributed by atoms with E-state index < -0.39 is 0 Å². The number of rotatable bonds is 2. The Labute approximate surface area is 82.4 Å². The highest BCUT2D eigenvalue weighted by atomic mass is 32.1. The minimum absolute atomic E-state index is 0.963. The van der Waals surface area contributed by atoms with E-state index in [1.807, 2.05) is 18.4 Å². The SMILES string of the molecule is CNCc1csc2cccc(C)c12. The monoisotopic (exact) mass is 191 g/mol. The third kappa shape index (κ3) is 1.47. The van der Waals surface area contributed by atoms with Gasteiger partial charge in [0.15, 0.2) is 0 Å². The van der Waals surface area contributed by atoms with Crippen LogP contribution in [0.2, 0.25) is 0 Å². The van der Waals surface area contributed by atoms with Crippen LogP contribution in [-0.4, -0.2) is 7.05 Å². The summed E-state index contributed by atoms with van der Waals surface area (Å²) in [4.78, 5) is 0. The predicted octanol–water partition coefficient (Wildman–Crippen LogP) is 2.93. The first-order valence-corrected chi connectivity index (χ1v) is 5.31. The van der Waals surface area contributed by atoms with Crippen LogP contribution in [0.25, 0.3) is 10.1 Å². The summed E-state index contributed by atoms with van der Waals surface area (Å²) in [6.45, 7) is 3.14. The molecule has 0 bridgehead atoms. The highest BCUT2D eigenvalue weighted by molar-refractivity contribution is 7.17. The molecule has 2 heteroatoms. The van der Waals surface area contributed by atoms with E-state index in [0.717, 1.165) is 6.54 Å². The lowest BCUT2D eigenvalue weighted by molar-refractivity contribution is 0.825. The number of aryl methyl sites for hydroxylation is 1. The van der Waals surface area contributed by atoms with E-state index in [0.29, 0.717) is 0 Å². The molecule has 0 fully saturated rings. The molecule has 2 rings (SSSR count). The van der Waals surface area contributed by atoms with Gasteiger partial charge < -0.3 is 5.32 Å². The van der Waals surface area contributed by atoms with Crippen LogP contribution in [-0.2, 0) is 6.54 Å². The molecule has 13 heavy (non-hydrogen) atoms. The van der Waals surface area contributed by atoms with Gasteiger partial charge in [-0.3, -0.25) is 0 Å². The van der Waals surface area contributed by atoms with Gasteiger partial charge in [-0.1, -0.05) is 12.1 Å². The first-order chi connectivity index (χ1) is 6.33.